The van der Waals surface area contributed by atoms with Crippen molar-refractivity contribution in [1.29, 1.82) is 0 Å². The Balaban J connectivity index is 4.81. The van der Waals surface area contributed by atoms with Crippen molar-refractivity contribution in [2.75, 3.05) is 32.9 Å². The molecule has 0 unspecified atom stereocenters. The van der Waals surface area contributed by atoms with Crippen molar-refractivity contribution in [3.8, 4) is 0 Å². The molecule has 10 nitrogen and oxygen atoms in total. The van der Waals surface area contributed by atoms with Gasteiger partial charge in [-0.25, -0.2) is 0 Å². The average molecular weight is 364 g/mol. The van der Waals surface area contributed by atoms with Gasteiger partial charge in [0.1, 0.15) is 18.6 Å². The SMILES string of the molecule is C[C@@H](O)[C@H](NC(=O)CN(C)C)C(=O)N[C@@H](CS)C(=O)NCC(=O)O. The molecule has 0 fully saturated rings. The van der Waals surface area contributed by atoms with Gasteiger partial charge in [0.15, 0.2) is 0 Å². The highest BCUT2D eigenvalue weighted by atomic mass is 32.1. The van der Waals surface area contributed by atoms with Crippen molar-refractivity contribution in [2.45, 2.75) is 25.1 Å². The van der Waals surface area contributed by atoms with Crippen LogP contribution in [0.5, 0.6) is 0 Å². The van der Waals surface area contributed by atoms with Crippen LogP contribution in [-0.2, 0) is 19.2 Å². The van der Waals surface area contributed by atoms with Gasteiger partial charge in [0, 0.05) is 5.75 Å². The van der Waals surface area contributed by atoms with Crippen LogP contribution in [0.3, 0.4) is 0 Å². The predicted molar refractivity (Wildman–Crippen MR) is 88.6 cm³/mol. The molecule has 0 heterocycles. The smallest absolute Gasteiger partial charge is 0.322 e. The van der Waals surface area contributed by atoms with Crippen molar-refractivity contribution >= 4 is 36.3 Å². The molecule has 0 aliphatic rings. The lowest BCUT2D eigenvalue weighted by Crippen LogP contribution is -2.58. The molecule has 3 amide bonds. The Morgan fingerprint density at radius 2 is 1.71 bits per heavy atom. The first-order valence-corrected chi connectivity index (χ1v) is 7.74. The largest absolute Gasteiger partial charge is 0.480 e. The summed E-state index contributed by atoms with van der Waals surface area (Å²) in [5.74, 6) is -3.30. The van der Waals surface area contributed by atoms with Gasteiger partial charge in [-0.05, 0) is 21.0 Å². The first kappa shape index (κ1) is 22.1. The zero-order chi connectivity index (χ0) is 18.9. The summed E-state index contributed by atoms with van der Waals surface area (Å²) in [6.45, 7) is 0.740. The number of aliphatic carboxylic acids is 1. The number of nitrogens with zero attached hydrogens (tertiary/aromatic N) is 1. The van der Waals surface area contributed by atoms with Crippen LogP contribution in [0.1, 0.15) is 6.92 Å². The number of hydrogen-bond donors (Lipinski definition) is 6. The van der Waals surface area contributed by atoms with Crippen molar-refractivity contribution in [1.82, 2.24) is 20.9 Å². The number of hydrogen-bond acceptors (Lipinski definition) is 7. The Morgan fingerprint density at radius 3 is 2.12 bits per heavy atom. The molecule has 0 aliphatic carbocycles. The standard InChI is InChI=1S/C13H24N4O6S/c1-7(18)11(16-9(19)5-17(2)3)13(23)15-8(6-24)12(22)14-4-10(20)21/h7-8,11,18,24H,4-6H2,1-3H3,(H,14,22)(H,15,23)(H,16,19)(H,20,21)/t7-,8+,11+/m1/s1. The van der Waals surface area contributed by atoms with E-state index in [1.165, 1.54) is 6.92 Å². The van der Waals surface area contributed by atoms with Crippen LogP contribution in [0.4, 0.5) is 0 Å². The number of rotatable bonds is 10. The van der Waals surface area contributed by atoms with Gasteiger partial charge in [0.25, 0.3) is 0 Å². The summed E-state index contributed by atoms with van der Waals surface area (Å²) in [5, 5.41) is 25.0. The molecule has 0 saturated carbocycles. The second-order valence-corrected chi connectivity index (χ2v) is 5.74. The van der Waals surface area contributed by atoms with Crippen LogP contribution in [0, 0.1) is 0 Å². The van der Waals surface area contributed by atoms with Gasteiger partial charge in [-0.15, -0.1) is 0 Å². The minimum absolute atomic E-state index is 0.0194. The molecule has 0 saturated heterocycles. The number of nitrogens with one attached hydrogen (secondary N) is 3. The molecule has 0 aromatic carbocycles. The monoisotopic (exact) mass is 364 g/mol. The lowest BCUT2D eigenvalue weighted by Gasteiger charge is -2.24. The van der Waals surface area contributed by atoms with E-state index in [9.17, 15) is 24.3 Å². The van der Waals surface area contributed by atoms with E-state index in [1.54, 1.807) is 19.0 Å². The van der Waals surface area contributed by atoms with E-state index in [1.807, 2.05) is 0 Å². The van der Waals surface area contributed by atoms with E-state index < -0.39 is 48.4 Å². The number of carbonyl (C=O) groups is 4. The predicted octanol–water partition coefficient (Wildman–Crippen LogP) is -2.97. The van der Waals surface area contributed by atoms with Crippen LogP contribution in [-0.4, -0.2) is 89.9 Å². The Bertz CT molecular complexity index is 471. The highest BCUT2D eigenvalue weighted by Gasteiger charge is 2.29. The molecule has 0 aliphatic heterocycles. The van der Waals surface area contributed by atoms with Crippen molar-refractivity contribution in [3.05, 3.63) is 0 Å². The van der Waals surface area contributed by atoms with Crippen LogP contribution >= 0.6 is 12.6 Å². The van der Waals surface area contributed by atoms with Gasteiger partial charge in [-0.2, -0.15) is 12.6 Å². The molecule has 0 rings (SSSR count). The molecule has 0 bridgehead atoms. The van der Waals surface area contributed by atoms with E-state index in [2.05, 4.69) is 28.6 Å². The third kappa shape index (κ3) is 8.70. The summed E-state index contributed by atoms with van der Waals surface area (Å²) >= 11 is 3.93. The van der Waals surface area contributed by atoms with E-state index in [4.69, 9.17) is 5.11 Å². The summed E-state index contributed by atoms with van der Waals surface area (Å²) in [6.07, 6.45) is -1.20. The maximum atomic E-state index is 12.2. The molecule has 3 atom stereocenters. The van der Waals surface area contributed by atoms with Crippen LogP contribution in [0.25, 0.3) is 0 Å². The fourth-order valence-corrected chi connectivity index (χ4v) is 1.91. The highest BCUT2D eigenvalue weighted by Crippen LogP contribution is 1.97. The first-order chi connectivity index (χ1) is 11.1. The minimum Gasteiger partial charge on any atom is -0.480 e. The number of carboxylic acid groups (broad SMARTS) is 1. The van der Waals surface area contributed by atoms with Gasteiger partial charge in [0.2, 0.25) is 17.7 Å². The Labute approximate surface area is 145 Å². The third-order valence-corrected chi connectivity index (χ3v) is 3.14. The number of carboxylic acids is 1. The number of aliphatic hydroxyl groups is 1. The van der Waals surface area contributed by atoms with E-state index in [-0.39, 0.29) is 12.3 Å². The zero-order valence-corrected chi connectivity index (χ0v) is 14.7. The summed E-state index contributed by atoms with van der Waals surface area (Å²) in [7, 11) is 3.33. The maximum absolute atomic E-state index is 12.2. The van der Waals surface area contributed by atoms with E-state index >= 15 is 0 Å². The van der Waals surface area contributed by atoms with Gasteiger partial charge in [-0.3, -0.25) is 19.2 Å². The van der Waals surface area contributed by atoms with Crippen LogP contribution < -0.4 is 16.0 Å². The third-order valence-electron chi connectivity index (χ3n) is 2.77. The molecule has 0 radical (unpaired) electrons. The average Bonchev–Trinajstić information content (AvgIpc) is 2.46. The number of likely N-dealkylation sites (N-methyl/N-ethyl adjacent to an activating group) is 1. The molecule has 0 aromatic heterocycles. The van der Waals surface area contributed by atoms with Crippen LogP contribution in [0.2, 0.25) is 0 Å². The molecule has 11 heteroatoms. The molecular weight excluding hydrogens is 340 g/mol. The first-order valence-electron chi connectivity index (χ1n) is 7.11. The molecule has 5 N–H and O–H groups in total. The summed E-state index contributed by atoms with van der Waals surface area (Å²) < 4.78 is 0. The lowest BCUT2D eigenvalue weighted by molar-refractivity contribution is -0.138. The van der Waals surface area contributed by atoms with Gasteiger partial charge < -0.3 is 31.1 Å². The second-order valence-electron chi connectivity index (χ2n) is 5.38. The van der Waals surface area contributed by atoms with Crippen molar-refractivity contribution < 1.29 is 29.4 Å². The minimum atomic E-state index is -1.26. The topological polar surface area (TPSA) is 148 Å². The number of thiol groups is 1. The Kier molecular flexibility index (Phi) is 10.0. The molecule has 138 valence electrons. The number of aliphatic hydroxyl groups excluding tert-OH is 1. The van der Waals surface area contributed by atoms with Crippen LogP contribution in [0.15, 0.2) is 0 Å². The zero-order valence-electron chi connectivity index (χ0n) is 13.8. The fraction of sp³-hybridized carbons (Fsp3) is 0.692. The summed E-state index contributed by atoms with van der Waals surface area (Å²) in [6, 6.07) is -2.36. The molecule has 0 spiro atoms. The number of carbonyl (C=O) groups excluding carboxylic acids is 3. The molecular formula is C13H24N4O6S. The molecule has 0 aromatic rings. The number of amides is 3. The van der Waals surface area contributed by atoms with Gasteiger partial charge in [-0.1, -0.05) is 0 Å². The fourth-order valence-electron chi connectivity index (χ4n) is 1.65. The van der Waals surface area contributed by atoms with Gasteiger partial charge >= 0.3 is 5.97 Å². The van der Waals surface area contributed by atoms with Gasteiger partial charge in [0.05, 0.1) is 12.6 Å². The second kappa shape index (κ2) is 10.8. The Morgan fingerprint density at radius 1 is 1.12 bits per heavy atom. The molecule has 24 heavy (non-hydrogen) atoms. The summed E-state index contributed by atoms with van der Waals surface area (Å²) in [5.41, 5.74) is 0. The van der Waals surface area contributed by atoms with Crippen molar-refractivity contribution in [3.63, 3.8) is 0 Å². The quantitative estimate of drug-likeness (QED) is 0.227. The van der Waals surface area contributed by atoms with Crippen molar-refractivity contribution in [2.24, 2.45) is 0 Å². The van der Waals surface area contributed by atoms with E-state index in [0.717, 1.165) is 0 Å². The summed E-state index contributed by atoms with van der Waals surface area (Å²) in [4.78, 5) is 47.7. The highest BCUT2D eigenvalue weighted by molar-refractivity contribution is 7.80. The normalized spacial score (nSPS) is 14.4. The lowest BCUT2D eigenvalue weighted by atomic mass is 10.1. The van der Waals surface area contributed by atoms with E-state index in [0.29, 0.717) is 0 Å². The Hall–Kier alpha value is -1.85. The maximum Gasteiger partial charge on any atom is 0.322 e.